The Balaban J connectivity index is 2.15. The molecule has 2 heterocycles. The molecule has 0 aromatic carbocycles. The fourth-order valence-corrected chi connectivity index (χ4v) is 3.10. The lowest BCUT2D eigenvalue weighted by Gasteiger charge is -2.41. The van der Waals surface area contributed by atoms with E-state index in [0.29, 0.717) is 6.04 Å². The van der Waals surface area contributed by atoms with Gasteiger partial charge in [0.1, 0.15) is 0 Å². The Morgan fingerprint density at radius 1 is 1.47 bits per heavy atom. The van der Waals surface area contributed by atoms with Crippen molar-refractivity contribution in [3.63, 3.8) is 0 Å². The van der Waals surface area contributed by atoms with Gasteiger partial charge in [-0.2, -0.15) is 5.10 Å². The summed E-state index contributed by atoms with van der Waals surface area (Å²) in [6, 6.07) is 1.02. The lowest BCUT2D eigenvalue weighted by atomic mass is 9.97. The van der Waals surface area contributed by atoms with E-state index >= 15 is 0 Å². The molecule has 5 nitrogen and oxygen atoms in total. The highest BCUT2D eigenvalue weighted by molar-refractivity contribution is 5.13. The molecule has 1 saturated heterocycles. The molecule has 3 unspecified atom stereocenters. The Hall–Kier alpha value is -0.910. The summed E-state index contributed by atoms with van der Waals surface area (Å²) in [5.74, 6) is 0. The molecule has 1 aliphatic rings. The molecule has 2 rings (SSSR count). The van der Waals surface area contributed by atoms with Crippen LogP contribution in [0.25, 0.3) is 0 Å². The quantitative estimate of drug-likeness (QED) is 0.876. The first-order valence-electron chi connectivity index (χ1n) is 7.13. The molecule has 0 saturated carbocycles. The number of piperidine rings is 1. The number of hydrogen-bond acceptors (Lipinski definition) is 4. The van der Waals surface area contributed by atoms with Gasteiger partial charge in [-0.3, -0.25) is 9.58 Å². The summed E-state index contributed by atoms with van der Waals surface area (Å²) in [4.78, 5) is 4.85. The van der Waals surface area contributed by atoms with Crippen LogP contribution in [-0.2, 0) is 7.05 Å². The maximum Gasteiger partial charge on any atom is 0.0538 e. The molecular weight excluding hydrogens is 238 g/mol. The van der Waals surface area contributed by atoms with E-state index < -0.39 is 0 Å². The number of rotatable bonds is 4. The van der Waals surface area contributed by atoms with Crippen LogP contribution in [0, 0.1) is 0 Å². The van der Waals surface area contributed by atoms with Gasteiger partial charge in [0.15, 0.2) is 0 Å². The largest absolute Gasteiger partial charge is 0.326 e. The van der Waals surface area contributed by atoms with E-state index in [1.165, 1.54) is 18.4 Å². The van der Waals surface area contributed by atoms with Crippen molar-refractivity contribution >= 4 is 0 Å². The minimum atomic E-state index is 0.116. The van der Waals surface area contributed by atoms with Gasteiger partial charge in [0.25, 0.3) is 0 Å². The number of hydrogen-bond donors (Lipinski definition) is 1. The Bertz CT molecular complexity index is 398. The third-order valence-electron chi connectivity index (χ3n) is 4.12. The SMILES string of the molecule is CC(N)C(c1cnn(C)c1)N1CCCC(N(C)C)C1. The van der Waals surface area contributed by atoms with E-state index in [1.807, 2.05) is 17.9 Å². The van der Waals surface area contributed by atoms with Gasteiger partial charge < -0.3 is 10.6 Å². The van der Waals surface area contributed by atoms with Gasteiger partial charge in [-0.15, -0.1) is 0 Å². The normalized spacial score (nSPS) is 24.6. The molecule has 2 N–H and O–H groups in total. The molecule has 0 amide bonds. The lowest BCUT2D eigenvalue weighted by molar-refractivity contribution is 0.0864. The van der Waals surface area contributed by atoms with Crippen molar-refractivity contribution in [3.05, 3.63) is 18.0 Å². The maximum atomic E-state index is 6.24. The number of likely N-dealkylation sites (N-methyl/N-ethyl adjacent to an activating group) is 1. The summed E-state index contributed by atoms with van der Waals surface area (Å²) in [5.41, 5.74) is 7.47. The van der Waals surface area contributed by atoms with Gasteiger partial charge in [-0.05, 0) is 40.4 Å². The first-order valence-corrected chi connectivity index (χ1v) is 7.13. The molecule has 1 aliphatic heterocycles. The average molecular weight is 265 g/mol. The van der Waals surface area contributed by atoms with Crippen LogP contribution in [0.3, 0.4) is 0 Å². The average Bonchev–Trinajstić information content (AvgIpc) is 2.75. The topological polar surface area (TPSA) is 50.3 Å². The minimum absolute atomic E-state index is 0.116. The van der Waals surface area contributed by atoms with Gasteiger partial charge in [-0.25, -0.2) is 0 Å². The zero-order chi connectivity index (χ0) is 14.0. The zero-order valence-electron chi connectivity index (χ0n) is 12.6. The van der Waals surface area contributed by atoms with Crippen molar-refractivity contribution in [1.29, 1.82) is 0 Å². The molecule has 3 atom stereocenters. The molecule has 1 aromatic rings. The fraction of sp³-hybridized carbons (Fsp3) is 0.786. The van der Waals surface area contributed by atoms with Crippen molar-refractivity contribution in [3.8, 4) is 0 Å². The summed E-state index contributed by atoms with van der Waals surface area (Å²) in [7, 11) is 6.29. The second kappa shape index (κ2) is 6.03. The molecule has 0 aliphatic carbocycles. The highest BCUT2D eigenvalue weighted by atomic mass is 15.3. The predicted octanol–water partition coefficient (Wildman–Crippen LogP) is 0.834. The van der Waals surface area contributed by atoms with E-state index in [-0.39, 0.29) is 12.1 Å². The maximum absolute atomic E-state index is 6.24. The van der Waals surface area contributed by atoms with Crippen LogP contribution in [0.4, 0.5) is 0 Å². The highest BCUT2D eigenvalue weighted by Crippen LogP contribution is 2.27. The first kappa shape index (κ1) is 14.5. The van der Waals surface area contributed by atoms with Gasteiger partial charge >= 0.3 is 0 Å². The van der Waals surface area contributed by atoms with Crippen molar-refractivity contribution in [1.82, 2.24) is 19.6 Å². The van der Waals surface area contributed by atoms with E-state index in [9.17, 15) is 0 Å². The fourth-order valence-electron chi connectivity index (χ4n) is 3.10. The Kier molecular flexibility index (Phi) is 4.60. The summed E-state index contributed by atoms with van der Waals surface area (Å²) in [6.07, 6.45) is 6.56. The number of likely N-dealkylation sites (tertiary alicyclic amines) is 1. The molecule has 19 heavy (non-hydrogen) atoms. The standard InChI is InChI=1S/C14H27N5/c1-11(15)14(12-8-16-18(4)9-12)19-7-5-6-13(10-19)17(2)3/h8-9,11,13-14H,5-7,10,15H2,1-4H3. The molecule has 0 radical (unpaired) electrons. The summed E-state index contributed by atoms with van der Waals surface area (Å²) in [5, 5.41) is 4.29. The molecule has 0 spiro atoms. The number of nitrogens with zero attached hydrogens (tertiary/aromatic N) is 4. The van der Waals surface area contributed by atoms with Crippen molar-refractivity contribution < 1.29 is 0 Å². The van der Waals surface area contributed by atoms with Gasteiger partial charge in [-0.1, -0.05) is 0 Å². The second-order valence-electron chi connectivity index (χ2n) is 6.01. The second-order valence-corrected chi connectivity index (χ2v) is 6.01. The Morgan fingerprint density at radius 3 is 2.74 bits per heavy atom. The van der Waals surface area contributed by atoms with Crippen LogP contribution < -0.4 is 5.73 Å². The molecule has 5 heteroatoms. The molecule has 1 fully saturated rings. The van der Waals surface area contributed by atoms with Crippen LogP contribution >= 0.6 is 0 Å². The van der Waals surface area contributed by atoms with Gasteiger partial charge in [0, 0.05) is 37.4 Å². The van der Waals surface area contributed by atoms with Crippen molar-refractivity contribution in [2.45, 2.75) is 37.9 Å². The molecule has 1 aromatic heterocycles. The first-order chi connectivity index (χ1) is 8.99. The lowest BCUT2D eigenvalue weighted by Crippen LogP contribution is -2.49. The monoisotopic (exact) mass is 265 g/mol. The Labute approximate surface area is 116 Å². The predicted molar refractivity (Wildman–Crippen MR) is 77.9 cm³/mol. The van der Waals surface area contributed by atoms with E-state index in [1.54, 1.807) is 0 Å². The number of aryl methyl sites for hydroxylation is 1. The van der Waals surface area contributed by atoms with Crippen LogP contribution in [0.5, 0.6) is 0 Å². The van der Waals surface area contributed by atoms with Gasteiger partial charge in [0.05, 0.1) is 12.2 Å². The number of nitrogens with two attached hydrogens (primary N) is 1. The van der Waals surface area contributed by atoms with Crippen LogP contribution in [0.15, 0.2) is 12.4 Å². The highest BCUT2D eigenvalue weighted by Gasteiger charge is 2.30. The van der Waals surface area contributed by atoms with Crippen molar-refractivity contribution in [2.75, 3.05) is 27.2 Å². The minimum Gasteiger partial charge on any atom is -0.326 e. The third-order valence-corrected chi connectivity index (χ3v) is 4.12. The number of aromatic nitrogens is 2. The molecule has 0 bridgehead atoms. The summed E-state index contributed by atoms with van der Waals surface area (Å²) >= 11 is 0. The van der Waals surface area contributed by atoms with Crippen LogP contribution in [-0.4, -0.2) is 58.8 Å². The van der Waals surface area contributed by atoms with E-state index in [0.717, 1.165) is 13.1 Å². The Morgan fingerprint density at radius 2 is 2.21 bits per heavy atom. The summed E-state index contributed by atoms with van der Waals surface area (Å²) < 4.78 is 1.86. The molecule has 108 valence electrons. The van der Waals surface area contributed by atoms with E-state index in [2.05, 4.69) is 42.1 Å². The van der Waals surface area contributed by atoms with Crippen LogP contribution in [0.2, 0.25) is 0 Å². The molecular formula is C14H27N5. The summed E-state index contributed by atoms with van der Waals surface area (Å²) in [6.45, 7) is 4.32. The third kappa shape index (κ3) is 3.35. The van der Waals surface area contributed by atoms with Crippen molar-refractivity contribution in [2.24, 2.45) is 12.8 Å². The van der Waals surface area contributed by atoms with Crippen LogP contribution in [0.1, 0.15) is 31.4 Å². The smallest absolute Gasteiger partial charge is 0.0538 e. The zero-order valence-corrected chi connectivity index (χ0v) is 12.6. The van der Waals surface area contributed by atoms with E-state index in [4.69, 9.17) is 5.73 Å². The van der Waals surface area contributed by atoms with Gasteiger partial charge in [0.2, 0.25) is 0 Å².